The molecule has 0 bridgehead atoms. The minimum Gasteiger partial charge on any atom is -0.348 e. The molecule has 0 aliphatic rings. The molecule has 0 heterocycles. The standard InChI is InChI=1S/C20H26FN3O3S/c1-5-19(16-8-6-15(2)7-9-16)22-20(25)14-24(28(26,27)23(3)4)18-12-10-17(21)11-13-18/h6-13,19H,5,14H2,1-4H3,(H,22,25). The van der Waals surface area contributed by atoms with Crippen molar-refractivity contribution >= 4 is 21.8 Å². The Morgan fingerprint density at radius 3 is 2.14 bits per heavy atom. The molecule has 0 aromatic heterocycles. The van der Waals surface area contributed by atoms with E-state index in [1.165, 1.54) is 26.2 Å². The van der Waals surface area contributed by atoms with Gasteiger partial charge in [-0.3, -0.25) is 4.79 Å². The molecule has 0 saturated heterocycles. The van der Waals surface area contributed by atoms with Crippen molar-refractivity contribution in [2.75, 3.05) is 24.9 Å². The van der Waals surface area contributed by atoms with Crippen LogP contribution in [0.3, 0.4) is 0 Å². The van der Waals surface area contributed by atoms with Crippen LogP contribution in [0, 0.1) is 12.7 Å². The Balaban J connectivity index is 2.24. The van der Waals surface area contributed by atoms with Gasteiger partial charge in [-0.15, -0.1) is 0 Å². The average molecular weight is 408 g/mol. The molecule has 1 N–H and O–H groups in total. The lowest BCUT2D eigenvalue weighted by atomic mass is 10.0. The van der Waals surface area contributed by atoms with Gasteiger partial charge in [-0.25, -0.2) is 8.70 Å². The fourth-order valence-electron chi connectivity index (χ4n) is 2.70. The topological polar surface area (TPSA) is 69.7 Å². The molecule has 0 aliphatic carbocycles. The molecule has 1 amide bonds. The van der Waals surface area contributed by atoms with Crippen LogP contribution in [0.5, 0.6) is 0 Å². The lowest BCUT2D eigenvalue weighted by molar-refractivity contribution is -0.120. The van der Waals surface area contributed by atoms with Crippen molar-refractivity contribution in [3.05, 3.63) is 65.5 Å². The number of rotatable bonds is 8. The summed E-state index contributed by atoms with van der Waals surface area (Å²) < 4.78 is 40.6. The third-order valence-corrected chi connectivity index (χ3v) is 6.18. The highest BCUT2D eigenvalue weighted by Crippen LogP contribution is 2.21. The van der Waals surface area contributed by atoms with Crippen molar-refractivity contribution in [3.8, 4) is 0 Å². The minimum atomic E-state index is -3.93. The van der Waals surface area contributed by atoms with E-state index in [-0.39, 0.29) is 11.7 Å². The monoisotopic (exact) mass is 407 g/mol. The first-order chi connectivity index (χ1) is 13.1. The van der Waals surface area contributed by atoms with Crippen LogP contribution in [-0.4, -0.2) is 39.3 Å². The Hall–Kier alpha value is -2.45. The minimum absolute atomic E-state index is 0.216. The number of hydrogen-bond acceptors (Lipinski definition) is 3. The van der Waals surface area contributed by atoms with Crippen LogP contribution in [0.4, 0.5) is 10.1 Å². The number of carbonyl (C=O) groups is 1. The average Bonchev–Trinajstić information content (AvgIpc) is 2.65. The van der Waals surface area contributed by atoms with Crippen molar-refractivity contribution in [1.29, 1.82) is 0 Å². The summed E-state index contributed by atoms with van der Waals surface area (Å²) in [6, 6.07) is 12.6. The molecule has 0 fully saturated rings. The van der Waals surface area contributed by atoms with Gasteiger partial charge in [0.2, 0.25) is 5.91 Å². The zero-order chi connectivity index (χ0) is 20.9. The first-order valence-corrected chi connectivity index (χ1v) is 10.4. The second-order valence-corrected chi connectivity index (χ2v) is 8.78. The summed E-state index contributed by atoms with van der Waals surface area (Å²) in [4.78, 5) is 12.7. The maximum atomic E-state index is 13.2. The first-order valence-electron chi connectivity index (χ1n) is 8.96. The van der Waals surface area contributed by atoms with Crippen LogP contribution in [0.2, 0.25) is 0 Å². The third kappa shape index (κ3) is 5.30. The highest BCUT2D eigenvalue weighted by molar-refractivity contribution is 7.90. The number of amides is 1. The zero-order valence-corrected chi connectivity index (χ0v) is 17.3. The number of aryl methyl sites for hydroxylation is 1. The van der Waals surface area contributed by atoms with Crippen LogP contribution in [-0.2, 0) is 15.0 Å². The predicted octanol–water partition coefficient (Wildman–Crippen LogP) is 3.01. The van der Waals surface area contributed by atoms with Gasteiger partial charge < -0.3 is 5.32 Å². The Bertz CT molecular complexity index is 897. The number of nitrogens with one attached hydrogen (secondary N) is 1. The summed E-state index contributed by atoms with van der Waals surface area (Å²) in [6.45, 7) is 3.52. The van der Waals surface area contributed by atoms with E-state index in [4.69, 9.17) is 0 Å². The molecule has 2 aromatic rings. The Labute approximate surface area is 166 Å². The lowest BCUT2D eigenvalue weighted by Gasteiger charge is -2.28. The van der Waals surface area contributed by atoms with Crippen LogP contribution in [0.1, 0.15) is 30.5 Å². The van der Waals surface area contributed by atoms with Crippen LogP contribution in [0.15, 0.2) is 48.5 Å². The van der Waals surface area contributed by atoms with E-state index in [1.807, 2.05) is 38.1 Å². The second kappa shape index (κ2) is 9.16. The number of anilines is 1. The molecule has 152 valence electrons. The number of nitrogens with zero attached hydrogens (tertiary/aromatic N) is 2. The van der Waals surface area contributed by atoms with Gasteiger partial charge in [-0.05, 0) is 43.2 Å². The smallest absolute Gasteiger partial charge is 0.304 e. The number of carbonyl (C=O) groups excluding carboxylic acids is 1. The fraction of sp³-hybridized carbons (Fsp3) is 0.350. The predicted molar refractivity (Wildman–Crippen MR) is 109 cm³/mol. The van der Waals surface area contributed by atoms with Gasteiger partial charge in [0.25, 0.3) is 0 Å². The van der Waals surface area contributed by atoms with Gasteiger partial charge in [0.1, 0.15) is 12.4 Å². The maximum absolute atomic E-state index is 13.2. The quantitative estimate of drug-likeness (QED) is 0.731. The molecule has 8 heteroatoms. The lowest BCUT2D eigenvalue weighted by Crippen LogP contribution is -2.46. The van der Waals surface area contributed by atoms with E-state index in [0.29, 0.717) is 6.42 Å². The van der Waals surface area contributed by atoms with Gasteiger partial charge in [-0.2, -0.15) is 12.7 Å². The Morgan fingerprint density at radius 1 is 1.07 bits per heavy atom. The molecule has 0 spiro atoms. The zero-order valence-electron chi connectivity index (χ0n) is 16.5. The van der Waals surface area contributed by atoms with E-state index in [0.717, 1.165) is 31.9 Å². The van der Waals surface area contributed by atoms with E-state index in [1.54, 1.807) is 0 Å². The molecular weight excluding hydrogens is 381 g/mol. The van der Waals surface area contributed by atoms with Crippen LogP contribution < -0.4 is 9.62 Å². The van der Waals surface area contributed by atoms with Gasteiger partial charge in [-0.1, -0.05) is 36.8 Å². The molecule has 1 atom stereocenters. The van der Waals surface area contributed by atoms with E-state index in [9.17, 15) is 17.6 Å². The number of halogens is 1. The third-order valence-electron chi connectivity index (χ3n) is 4.36. The van der Waals surface area contributed by atoms with Gasteiger partial charge in [0, 0.05) is 14.1 Å². The van der Waals surface area contributed by atoms with Crippen molar-refractivity contribution < 1.29 is 17.6 Å². The summed E-state index contributed by atoms with van der Waals surface area (Å²) >= 11 is 0. The summed E-state index contributed by atoms with van der Waals surface area (Å²) in [5.41, 5.74) is 2.28. The summed E-state index contributed by atoms with van der Waals surface area (Å²) in [5.74, 6) is -0.928. The first kappa shape index (κ1) is 21.8. The molecule has 0 aliphatic heterocycles. The highest BCUT2D eigenvalue weighted by atomic mass is 32.2. The SMILES string of the molecule is CCC(NC(=O)CN(c1ccc(F)cc1)S(=O)(=O)N(C)C)c1ccc(C)cc1. The van der Waals surface area contributed by atoms with E-state index in [2.05, 4.69) is 5.32 Å². The molecule has 28 heavy (non-hydrogen) atoms. The number of benzene rings is 2. The van der Waals surface area contributed by atoms with E-state index >= 15 is 0 Å². The summed E-state index contributed by atoms with van der Waals surface area (Å²) in [5, 5.41) is 2.89. The molecular formula is C20H26FN3O3S. The summed E-state index contributed by atoms with van der Waals surface area (Å²) in [6.07, 6.45) is 0.659. The Kier molecular flexibility index (Phi) is 7.15. The largest absolute Gasteiger partial charge is 0.348 e. The molecule has 0 saturated carbocycles. The van der Waals surface area contributed by atoms with Gasteiger partial charge in [0.15, 0.2) is 0 Å². The molecule has 2 aromatic carbocycles. The molecule has 2 rings (SSSR count). The van der Waals surface area contributed by atoms with Crippen LogP contribution >= 0.6 is 0 Å². The van der Waals surface area contributed by atoms with Crippen LogP contribution in [0.25, 0.3) is 0 Å². The van der Waals surface area contributed by atoms with Crippen molar-refractivity contribution in [3.63, 3.8) is 0 Å². The fourth-order valence-corrected chi connectivity index (χ4v) is 3.76. The molecule has 1 unspecified atom stereocenters. The van der Waals surface area contributed by atoms with Gasteiger partial charge >= 0.3 is 10.2 Å². The van der Waals surface area contributed by atoms with Gasteiger partial charge in [0.05, 0.1) is 11.7 Å². The highest BCUT2D eigenvalue weighted by Gasteiger charge is 2.28. The van der Waals surface area contributed by atoms with E-state index < -0.39 is 28.5 Å². The van der Waals surface area contributed by atoms with Crippen molar-refractivity contribution in [2.24, 2.45) is 0 Å². The molecule has 0 radical (unpaired) electrons. The summed E-state index contributed by atoms with van der Waals surface area (Å²) in [7, 11) is -1.17. The molecule has 6 nitrogen and oxygen atoms in total. The normalized spacial score (nSPS) is 12.6. The van der Waals surface area contributed by atoms with Crippen molar-refractivity contribution in [2.45, 2.75) is 26.3 Å². The number of hydrogen-bond donors (Lipinski definition) is 1. The van der Waals surface area contributed by atoms with Crippen molar-refractivity contribution in [1.82, 2.24) is 9.62 Å². The second-order valence-electron chi connectivity index (χ2n) is 6.71. The Morgan fingerprint density at radius 2 is 1.64 bits per heavy atom. The maximum Gasteiger partial charge on any atom is 0.304 e.